The van der Waals surface area contributed by atoms with E-state index in [-0.39, 0.29) is 26.9 Å². The zero-order valence-electron chi connectivity index (χ0n) is 15.3. The van der Waals surface area contributed by atoms with Gasteiger partial charge in [-0.1, -0.05) is 11.6 Å². The van der Waals surface area contributed by atoms with Crippen molar-refractivity contribution in [2.24, 2.45) is 5.92 Å². The number of alkyl halides is 3. The molecule has 1 aliphatic heterocycles. The van der Waals surface area contributed by atoms with E-state index in [1.807, 2.05) is 0 Å². The predicted octanol–water partition coefficient (Wildman–Crippen LogP) is 5.22. The molecule has 0 saturated heterocycles. The van der Waals surface area contributed by atoms with Crippen molar-refractivity contribution in [2.45, 2.75) is 30.3 Å². The van der Waals surface area contributed by atoms with E-state index in [1.165, 1.54) is 6.07 Å². The molecule has 0 radical (unpaired) electrons. The summed E-state index contributed by atoms with van der Waals surface area (Å²) in [4.78, 5) is 13.9. The predicted molar refractivity (Wildman–Crippen MR) is 110 cm³/mol. The molecule has 0 atom stereocenters. The Balaban J connectivity index is 1.69. The van der Waals surface area contributed by atoms with Gasteiger partial charge in [0.05, 0.1) is 10.6 Å². The molecule has 2 aliphatic rings. The van der Waals surface area contributed by atoms with Gasteiger partial charge >= 0.3 is 6.18 Å². The van der Waals surface area contributed by atoms with Crippen LogP contribution in [-0.2, 0) is 27.4 Å². The van der Waals surface area contributed by atoms with Crippen molar-refractivity contribution in [3.8, 4) is 0 Å². The van der Waals surface area contributed by atoms with Crippen molar-refractivity contribution in [2.75, 3.05) is 16.2 Å². The lowest BCUT2D eigenvalue weighted by Crippen LogP contribution is -2.30. The number of rotatable bonds is 4. The standard InChI is InChI=1S/C19H15BrClF3N2O3S/c20-14-7-11-5-6-26(18(27)10-1-2-10)16(11)9-17(14)30(28,29)25-12-3-4-15(21)13(8-12)19(22,23)24/h3-4,7-10,25H,1-2,5-6H2. The molecular formula is C19H15BrClF3N2O3S. The number of hydrogen-bond donors (Lipinski definition) is 1. The van der Waals surface area contributed by atoms with Crippen LogP contribution in [0.2, 0.25) is 5.02 Å². The minimum atomic E-state index is -4.73. The van der Waals surface area contributed by atoms with Gasteiger partial charge in [0.2, 0.25) is 5.91 Å². The summed E-state index contributed by atoms with van der Waals surface area (Å²) in [5, 5.41) is -0.529. The van der Waals surface area contributed by atoms with Crippen LogP contribution in [0, 0.1) is 5.92 Å². The van der Waals surface area contributed by atoms with Crippen molar-refractivity contribution in [3.63, 3.8) is 0 Å². The zero-order valence-corrected chi connectivity index (χ0v) is 18.4. The minimum absolute atomic E-state index is 0.0207. The largest absolute Gasteiger partial charge is 0.417 e. The van der Waals surface area contributed by atoms with E-state index in [0.29, 0.717) is 24.7 Å². The molecule has 2 aromatic rings. The summed E-state index contributed by atoms with van der Waals surface area (Å²) in [6.45, 7) is 0.472. The van der Waals surface area contributed by atoms with E-state index in [0.717, 1.165) is 30.5 Å². The average Bonchev–Trinajstić information content (AvgIpc) is 3.41. The Labute approximate surface area is 184 Å². The van der Waals surface area contributed by atoms with Gasteiger partial charge in [0.25, 0.3) is 10.0 Å². The van der Waals surface area contributed by atoms with Gasteiger partial charge in [-0.2, -0.15) is 13.2 Å². The number of carbonyl (C=O) groups excluding carboxylic acids is 1. The summed E-state index contributed by atoms with van der Waals surface area (Å²) in [6.07, 6.45) is -2.47. The van der Waals surface area contributed by atoms with Crippen molar-refractivity contribution >= 4 is 54.8 Å². The lowest BCUT2D eigenvalue weighted by atomic mass is 10.2. The molecular weight excluding hydrogens is 509 g/mol. The van der Waals surface area contributed by atoms with Gasteiger partial charge < -0.3 is 4.90 Å². The first-order valence-corrected chi connectivity index (χ1v) is 11.7. The van der Waals surface area contributed by atoms with Gasteiger partial charge in [-0.3, -0.25) is 9.52 Å². The number of carbonyl (C=O) groups is 1. The van der Waals surface area contributed by atoms with Gasteiger partial charge in [0.1, 0.15) is 4.90 Å². The highest BCUT2D eigenvalue weighted by Crippen LogP contribution is 2.40. The van der Waals surface area contributed by atoms with Gasteiger partial charge in [-0.05, 0) is 71.1 Å². The maximum Gasteiger partial charge on any atom is 0.417 e. The Morgan fingerprint density at radius 1 is 1.20 bits per heavy atom. The molecule has 160 valence electrons. The molecule has 11 heteroatoms. The number of hydrogen-bond acceptors (Lipinski definition) is 3. The molecule has 4 rings (SSSR count). The third kappa shape index (κ3) is 4.04. The van der Waals surface area contributed by atoms with E-state index < -0.39 is 26.8 Å². The summed E-state index contributed by atoms with van der Waals surface area (Å²) in [5.74, 6) is -0.0486. The van der Waals surface area contributed by atoms with Crippen molar-refractivity contribution in [1.29, 1.82) is 0 Å². The van der Waals surface area contributed by atoms with E-state index in [2.05, 4.69) is 20.7 Å². The fourth-order valence-corrected chi connectivity index (χ4v) is 5.77. The third-order valence-electron chi connectivity index (χ3n) is 5.03. The lowest BCUT2D eigenvalue weighted by Gasteiger charge is -2.19. The van der Waals surface area contributed by atoms with Crippen LogP contribution in [0.15, 0.2) is 39.7 Å². The first-order chi connectivity index (χ1) is 14.0. The number of fused-ring (bicyclic) bond motifs is 1. The van der Waals surface area contributed by atoms with Crippen LogP contribution in [0.3, 0.4) is 0 Å². The lowest BCUT2D eigenvalue weighted by molar-refractivity contribution is -0.137. The van der Waals surface area contributed by atoms with Gasteiger partial charge in [0, 0.05) is 28.3 Å². The van der Waals surface area contributed by atoms with Crippen LogP contribution in [-0.4, -0.2) is 20.9 Å². The Bertz CT molecular complexity index is 1150. The van der Waals surface area contributed by atoms with Crippen LogP contribution < -0.4 is 9.62 Å². The number of nitrogens with one attached hydrogen (secondary N) is 1. The molecule has 0 spiro atoms. The second-order valence-electron chi connectivity index (χ2n) is 7.22. The summed E-state index contributed by atoms with van der Waals surface area (Å²) in [5.41, 5.74) is -0.0631. The maximum atomic E-state index is 13.1. The van der Waals surface area contributed by atoms with Crippen LogP contribution in [0.25, 0.3) is 0 Å². The normalized spacial score (nSPS) is 16.5. The molecule has 1 saturated carbocycles. The van der Waals surface area contributed by atoms with E-state index in [9.17, 15) is 26.4 Å². The fraction of sp³-hybridized carbons (Fsp3) is 0.316. The molecule has 1 heterocycles. The number of amides is 1. The number of sulfonamides is 1. The maximum absolute atomic E-state index is 13.1. The number of benzene rings is 2. The fourth-order valence-electron chi connectivity index (χ4n) is 3.39. The zero-order chi connectivity index (χ0) is 21.8. The summed E-state index contributed by atoms with van der Waals surface area (Å²) in [6, 6.07) is 5.79. The Hall–Kier alpha value is -1.78. The summed E-state index contributed by atoms with van der Waals surface area (Å²) >= 11 is 8.82. The van der Waals surface area contributed by atoms with Crippen molar-refractivity contribution < 1.29 is 26.4 Å². The molecule has 1 aliphatic carbocycles. The highest BCUT2D eigenvalue weighted by atomic mass is 79.9. The second-order valence-corrected chi connectivity index (χ2v) is 10.1. The quantitative estimate of drug-likeness (QED) is 0.597. The SMILES string of the molecule is O=C(C1CC1)N1CCc2cc(Br)c(S(=O)(=O)Nc3ccc(Cl)c(C(F)(F)F)c3)cc21. The molecule has 0 aromatic heterocycles. The molecule has 0 bridgehead atoms. The Morgan fingerprint density at radius 2 is 1.90 bits per heavy atom. The van der Waals surface area contributed by atoms with E-state index in [4.69, 9.17) is 11.6 Å². The van der Waals surface area contributed by atoms with Crippen LogP contribution in [0.4, 0.5) is 24.5 Å². The van der Waals surface area contributed by atoms with Gasteiger partial charge in [0.15, 0.2) is 0 Å². The van der Waals surface area contributed by atoms with Crippen LogP contribution in [0.5, 0.6) is 0 Å². The van der Waals surface area contributed by atoms with Crippen LogP contribution in [0.1, 0.15) is 24.0 Å². The van der Waals surface area contributed by atoms with Crippen molar-refractivity contribution in [3.05, 3.63) is 51.0 Å². The molecule has 0 unspecified atom stereocenters. The first-order valence-electron chi connectivity index (χ1n) is 9.01. The van der Waals surface area contributed by atoms with Crippen LogP contribution >= 0.6 is 27.5 Å². The Morgan fingerprint density at radius 3 is 2.53 bits per heavy atom. The average molecular weight is 524 g/mol. The molecule has 30 heavy (non-hydrogen) atoms. The molecule has 5 nitrogen and oxygen atoms in total. The second kappa shape index (κ2) is 7.42. The number of halogens is 5. The van der Waals surface area contributed by atoms with Gasteiger partial charge in [-0.25, -0.2) is 8.42 Å². The topological polar surface area (TPSA) is 66.5 Å². The third-order valence-corrected chi connectivity index (χ3v) is 7.70. The minimum Gasteiger partial charge on any atom is -0.312 e. The highest BCUT2D eigenvalue weighted by molar-refractivity contribution is 9.10. The smallest absolute Gasteiger partial charge is 0.312 e. The molecule has 1 amide bonds. The molecule has 1 N–H and O–H groups in total. The first kappa shape index (κ1) is 21.5. The van der Waals surface area contributed by atoms with E-state index in [1.54, 1.807) is 11.0 Å². The van der Waals surface area contributed by atoms with Gasteiger partial charge in [-0.15, -0.1) is 0 Å². The highest BCUT2D eigenvalue weighted by Gasteiger charge is 2.38. The molecule has 2 aromatic carbocycles. The number of nitrogens with zero attached hydrogens (tertiary/aromatic N) is 1. The Kier molecular flexibility index (Phi) is 5.31. The number of anilines is 2. The van der Waals surface area contributed by atoms with E-state index >= 15 is 0 Å². The summed E-state index contributed by atoms with van der Waals surface area (Å²) < 4.78 is 67.5. The van der Waals surface area contributed by atoms with Crippen molar-refractivity contribution in [1.82, 2.24) is 0 Å². The molecule has 1 fully saturated rings. The summed E-state index contributed by atoms with van der Waals surface area (Å²) in [7, 11) is -4.24. The monoisotopic (exact) mass is 522 g/mol.